The number of rotatable bonds is 5. The molecule has 6 rings (SSSR count). The van der Waals surface area contributed by atoms with Gasteiger partial charge in [0.1, 0.15) is 24.5 Å². The van der Waals surface area contributed by atoms with Gasteiger partial charge in [0, 0.05) is 31.1 Å². The number of ketones is 1. The molecule has 9 nitrogen and oxygen atoms in total. The normalized spacial score (nSPS) is 24.8. The van der Waals surface area contributed by atoms with Crippen LogP contribution >= 0.6 is 22.9 Å². The number of hydrogen-bond acceptors (Lipinski definition) is 8. The average molecular weight is 519 g/mol. The van der Waals surface area contributed by atoms with Crippen LogP contribution in [0, 0.1) is 0 Å². The highest BCUT2D eigenvalue weighted by Gasteiger charge is 2.47. The number of hydrogen-bond donors (Lipinski definition) is 0. The van der Waals surface area contributed by atoms with Crippen molar-refractivity contribution in [3.05, 3.63) is 39.5 Å². The number of fused-ring (bicyclic) bond motifs is 3. The van der Waals surface area contributed by atoms with Gasteiger partial charge in [-0.2, -0.15) is 0 Å². The van der Waals surface area contributed by atoms with Crippen LogP contribution in [0.2, 0.25) is 4.34 Å². The van der Waals surface area contributed by atoms with Gasteiger partial charge < -0.3 is 23.8 Å². The van der Waals surface area contributed by atoms with Crippen molar-refractivity contribution in [2.24, 2.45) is 0 Å². The maximum atomic E-state index is 12.8. The van der Waals surface area contributed by atoms with Crippen molar-refractivity contribution in [1.82, 2.24) is 0 Å². The predicted molar refractivity (Wildman–Crippen MR) is 128 cm³/mol. The number of cyclic esters (lactones) is 1. The van der Waals surface area contributed by atoms with Gasteiger partial charge in [0.05, 0.1) is 34.5 Å². The first-order valence-electron chi connectivity index (χ1n) is 11.6. The number of nitrogens with zero attached hydrogens (tertiary/aromatic N) is 2. The summed E-state index contributed by atoms with van der Waals surface area (Å²) in [6.45, 7) is 1.72. The molecule has 3 saturated heterocycles. The fourth-order valence-electron chi connectivity index (χ4n) is 5.14. The molecule has 4 aliphatic rings. The van der Waals surface area contributed by atoms with Crippen LogP contribution in [0.3, 0.4) is 0 Å². The molecule has 4 aliphatic heterocycles. The van der Waals surface area contributed by atoms with E-state index >= 15 is 0 Å². The van der Waals surface area contributed by atoms with E-state index in [0.29, 0.717) is 58.9 Å². The summed E-state index contributed by atoms with van der Waals surface area (Å²) in [4.78, 5) is 41.9. The largest absolute Gasteiger partial charge is 0.489 e. The molecule has 2 aromatic rings. The molecule has 1 aromatic carbocycles. The molecule has 35 heavy (non-hydrogen) atoms. The van der Waals surface area contributed by atoms with Crippen molar-refractivity contribution in [1.29, 1.82) is 0 Å². The standard InChI is InChI=1S/C24H23ClN2O7S/c25-21-6-5-20(35-21)17(28)3-4-18-16-13-31-19-11-14(1-2-15(19)27(16)23(30)34-18)26-8-7-24(12-22(26)29)32-9-10-33-24/h1-2,5-6,11,16,18H,3-4,7-10,12-13H2/t16-,18-/m0/s1. The highest BCUT2D eigenvalue weighted by atomic mass is 35.5. The molecule has 2 atom stereocenters. The first-order chi connectivity index (χ1) is 16.9. The van der Waals surface area contributed by atoms with Crippen LogP contribution in [0.1, 0.15) is 35.4 Å². The molecule has 2 amide bonds. The third kappa shape index (κ3) is 4.08. The molecule has 1 spiro atoms. The smallest absolute Gasteiger partial charge is 0.415 e. The lowest BCUT2D eigenvalue weighted by atomic mass is 10.0. The van der Waals surface area contributed by atoms with E-state index in [1.54, 1.807) is 34.1 Å². The number of anilines is 2. The van der Waals surface area contributed by atoms with Crippen molar-refractivity contribution in [2.45, 2.75) is 43.6 Å². The molecule has 5 heterocycles. The minimum atomic E-state index is -0.795. The van der Waals surface area contributed by atoms with E-state index in [1.807, 2.05) is 6.07 Å². The Kier molecular flexibility index (Phi) is 5.71. The van der Waals surface area contributed by atoms with E-state index < -0.39 is 18.0 Å². The van der Waals surface area contributed by atoms with Crippen LogP contribution in [0.25, 0.3) is 0 Å². The van der Waals surface area contributed by atoms with Crippen LogP contribution < -0.4 is 14.5 Å². The zero-order valence-electron chi connectivity index (χ0n) is 18.7. The second-order valence-corrected chi connectivity index (χ2v) is 10.7. The second-order valence-electron chi connectivity index (χ2n) is 8.97. The van der Waals surface area contributed by atoms with Gasteiger partial charge in [-0.1, -0.05) is 11.6 Å². The molecule has 0 N–H and O–H groups in total. The van der Waals surface area contributed by atoms with E-state index in [1.165, 1.54) is 11.3 Å². The fourth-order valence-corrected chi connectivity index (χ4v) is 6.15. The van der Waals surface area contributed by atoms with E-state index in [-0.39, 0.29) is 37.2 Å². The Morgan fingerprint density at radius 1 is 1.17 bits per heavy atom. The Hall–Kier alpha value is -2.66. The molecule has 1 aromatic heterocycles. The van der Waals surface area contributed by atoms with Gasteiger partial charge >= 0.3 is 6.09 Å². The molecule has 0 unspecified atom stereocenters. The quantitative estimate of drug-likeness (QED) is 0.552. The monoisotopic (exact) mass is 518 g/mol. The maximum absolute atomic E-state index is 12.8. The number of amides is 2. The van der Waals surface area contributed by atoms with Crippen LogP contribution in [0.5, 0.6) is 5.75 Å². The van der Waals surface area contributed by atoms with Gasteiger partial charge in [-0.15, -0.1) is 11.3 Å². The first kappa shape index (κ1) is 22.8. The number of benzene rings is 1. The number of halogens is 1. The van der Waals surface area contributed by atoms with Gasteiger partial charge in [0.25, 0.3) is 0 Å². The van der Waals surface area contributed by atoms with E-state index in [0.717, 1.165) is 0 Å². The van der Waals surface area contributed by atoms with E-state index in [4.69, 9.17) is 30.5 Å². The molecular weight excluding hydrogens is 496 g/mol. The highest BCUT2D eigenvalue weighted by Crippen LogP contribution is 2.43. The molecule has 0 aliphatic carbocycles. The Labute approximate surface area is 210 Å². The summed E-state index contributed by atoms with van der Waals surface area (Å²) in [5.41, 5.74) is 1.29. The molecular formula is C24H23ClN2O7S. The molecule has 0 bridgehead atoms. The lowest BCUT2D eigenvalue weighted by Crippen LogP contribution is -2.49. The zero-order chi connectivity index (χ0) is 24.2. The fraction of sp³-hybridized carbons (Fsp3) is 0.458. The number of Topliss-reactive ketones (excluding diaryl/α,β-unsaturated/α-hetero) is 1. The first-order valence-corrected chi connectivity index (χ1v) is 12.8. The molecule has 3 fully saturated rings. The summed E-state index contributed by atoms with van der Waals surface area (Å²) in [5.74, 6) is -0.387. The van der Waals surface area contributed by atoms with Crippen molar-refractivity contribution >= 4 is 52.1 Å². The topological polar surface area (TPSA) is 94.6 Å². The number of piperidine rings is 1. The Balaban J connectivity index is 1.15. The van der Waals surface area contributed by atoms with Gasteiger partial charge in [0.15, 0.2) is 11.6 Å². The number of ether oxygens (including phenoxy) is 4. The summed E-state index contributed by atoms with van der Waals surface area (Å²) in [6.07, 6.45) is 0.485. The van der Waals surface area contributed by atoms with E-state index in [9.17, 15) is 14.4 Å². The predicted octanol–water partition coefficient (Wildman–Crippen LogP) is 4.02. The Morgan fingerprint density at radius 3 is 2.74 bits per heavy atom. The van der Waals surface area contributed by atoms with Gasteiger partial charge in [0.2, 0.25) is 5.91 Å². The van der Waals surface area contributed by atoms with Gasteiger partial charge in [-0.05, 0) is 30.7 Å². The van der Waals surface area contributed by atoms with Gasteiger partial charge in [-0.25, -0.2) is 4.79 Å². The summed E-state index contributed by atoms with van der Waals surface area (Å²) in [7, 11) is 0. The number of thiophene rings is 1. The highest BCUT2D eigenvalue weighted by molar-refractivity contribution is 7.18. The maximum Gasteiger partial charge on any atom is 0.415 e. The molecule has 0 saturated carbocycles. The van der Waals surface area contributed by atoms with Crippen LogP contribution in [0.4, 0.5) is 16.2 Å². The molecule has 11 heteroatoms. The number of carbonyl (C=O) groups excluding carboxylic acids is 3. The summed E-state index contributed by atoms with van der Waals surface area (Å²) >= 11 is 7.17. The Morgan fingerprint density at radius 2 is 2.00 bits per heavy atom. The Bertz CT molecular complexity index is 1190. The van der Waals surface area contributed by atoms with E-state index in [2.05, 4.69) is 0 Å². The number of carbonyl (C=O) groups is 3. The summed E-state index contributed by atoms with van der Waals surface area (Å²) in [5, 5.41) is 0. The second kappa shape index (κ2) is 8.77. The summed E-state index contributed by atoms with van der Waals surface area (Å²) < 4.78 is 23.5. The zero-order valence-corrected chi connectivity index (χ0v) is 20.3. The lowest BCUT2D eigenvalue weighted by molar-refractivity contribution is -0.177. The van der Waals surface area contributed by atoms with Crippen LogP contribution in [-0.2, 0) is 19.0 Å². The van der Waals surface area contributed by atoms with Crippen LogP contribution in [-0.4, -0.2) is 62.1 Å². The van der Waals surface area contributed by atoms with Crippen molar-refractivity contribution in [2.75, 3.05) is 36.2 Å². The third-order valence-electron chi connectivity index (χ3n) is 6.89. The van der Waals surface area contributed by atoms with Crippen molar-refractivity contribution in [3.63, 3.8) is 0 Å². The van der Waals surface area contributed by atoms with Gasteiger partial charge in [-0.3, -0.25) is 14.5 Å². The third-order valence-corrected chi connectivity index (χ3v) is 8.16. The minimum Gasteiger partial charge on any atom is -0.489 e. The minimum absolute atomic E-state index is 0.0282. The SMILES string of the molecule is O=C(CC[C@@H]1OC(=O)N2c3ccc(N4CCC5(CC4=O)OCCO5)cc3OC[C@@H]12)c1ccc(Cl)s1. The van der Waals surface area contributed by atoms with Crippen molar-refractivity contribution < 1.29 is 33.3 Å². The lowest BCUT2D eigenvalue weighted by Gasteiger charge is -2.37. The summed E-state index contributed by atoms with van der Waals surface area (Å²) in [6, 6.07) is 8.45. The molecule has 0 radical (unpaired) electrons. The van der Waals surface area contributed by atoms with Crippen molar-refractivity contribution in [3.8, 4) is 5.75 Å². The average Bonchev–Trinajstić information content (AvgIpc) is 3.57. The molecule has 184 valence electrons. The van der Waals surface area contributed by atoms with Crippen LogP contribution in [0.15, 0.2) is 30.3 Å².